The van der Waals surface area contributed by atoms with Crippen molar-refractivity contribution in [3.63, 3.8) is 0 Å². The number of nitrogens with zero attached hydrogens (tertiary/aromatic N) is 1. The number of esters is 1. The third-order valence-corrected chi connectivity index (χ3v) is 5.08. The number of benzene rings is 2. The number of amides is 1. The van der Waals surface area contributed by atoms with E-state index in [1.54, 1.807) is 24.1 Å². The second kappa shape index (κ2) is 8.89. The normalized spacial score (nSPS) is 19.7. The highest BCUT2D eigenvalue weighted by molar-refractivity contribution is 6.04. The molecule has 148 valence electrons. The highest BCUT2D eigenvalue weighted by Gasteiger charge is 2.51. The highest BCUT2D eigenvalue weighted by Crippen LogP contribution is 2.38. The van der Waals surface area contributed by atoms with Crippen LogP contribution in [0.3, 0.4) is 0 Å². The van der Waals surface area contributed by atoms with Gasteiger partial charge in [-0.2, -0.15) is 0 Å². The lowest BCUT2D eigenvalue weighted by molar-refractivity contribution is -0.146. The van der Waals surface area contributed by atoms with Crippen LogP contribution in [0.1, 0.15) is 18.9 Å². The maximum atomic E-state index is 12.9. The van der Waals surface area contributed by atoms with E-state index in [0.717, 1.165) is 11.3 Å². The number of methoxy groups -OCH3 is 2. The van der Waals surface area contributed by atoms with E-state index in [-0.39, 0.29) is 30.4 Å². The standard InChI is InChI=1S/C22H25NO5/c1-15(28-14-16-7-5-4-6-8-16)21-19(13-20(24)27-3)23(22(21)25)17-9-11-18(26-2)12-10-17/h4-12,15,19,21H,13-14H2,1-3H3/t15-,19-,21-/m1/s1. The molecule has 2 aromatic carbocycles. The molecule has 1 heterocycles. The van der Waals surface area contributed by atoms with E-state index < -0.39 is 5.92 Å². The molecule has 0 aliphatic carbocycles. The topological polar surface area (TPSA) is 65.1 Å². The Bertz CT molecular complexity index is 805. The molecule has 1 fully saturated rings. The van der Waals surface area contributed by atoms with Crippen molar-refractivity contribution >= 4 is 17.6 Å². The summed E-state index contributed by atoms with van der Waals surface area (Å²) in [5.41, 5.74) is 1.77. The predicted octanol–water partition coefficient (Wildman–Crippen LogP) is 3.20. The molecule has 6 nitrogen and oxygen atoms in total. The second-order valence-electron chi connectivity index (χ2n) is 6.78. The van der Waals surface area contributed by atoms with Gasteiger partial charge in [-0.3, -0.25) is 9.59 Å². The second-order valence-corrected chi connectivity index (χ2v) is 6.78. The fourth-order valence-electron chi connectivity index (χ4n) is 3.52. The van der Waals surface area contributed by atoms with E-state index in [1.807, 2.05) is 49.4 Å². The Kier molecular flexibility index (Phi) is 6.31. The van der Waals surface area contributed by atoms with Gasteiger partial charge in [0.2, 0.25) is 5.91 Å². The van der Waals surface area contributed by atoms with Crippen molar-refractivity contribution in [1.29, 1.82) is 0 Å². The molecule has 0 spiro atoms. The number of carbonyl (C=O) groups excluding carboxylic acids is 2. The van der Waals surface area contributed by atoms with Gasteiger partial charge in [0.25, 0.3) is 0 Å². The molecule has 0 aromatic heterocycles. The third-order valence-electron chi connectivity index (χ3n) is 5.08. The third kappa shape index (κ3) is 4.17. The van der Waals surface area contributed by atoms with Crippen LogP contribution in [-0.2, 0) is 25.7 Å². The minimum Gasteiger partial charge on any atom is -0.497 e. The van der Waals surface area contributed by atoms with Crippen molar-refractivity contribution < 1.29 is 23.8 Å². The molecule has 0 saturated carbocycles. The van der Waals surface area contributed by atoms with Crippen LogP contribution >= 0.6 is 0 Å². The Morgan fingerprint density at radius 1 is 1.07 bits per heavy atom. The van der Waals surface area contributed by atoms with Gasteiger partial charge in [0.15, 0.2) is 0 Å². The number of rotatable bonds is 8. The maximum Gasteiger partial charge on any atom is 0.307 e. The molecule has 6 heteroatoms. The molecule has 1 aliphatic heterocycles. The molecular weight excluding hydrogens is 358 g/mol. The first-order valence-electron chi connectivity index (χ1n) is 9.24. The molecule has 2 aromatic rings. The van der Waals surface area contributed by atoms with E-state index >= 15 is 0 Å². The van der Waals surface area contributed by atoms with Crippen LogP contribution in [0.15, 0.2) is 54.6 Å². The van der Waals surface area contributed by atoms with Crippen molar-refractivity contribution in [3.05, 3.63) is 60.2 Å². The number of β-lactam (4-membered cyclic amide) rings is 1. The van der Waals surface area contributed by atoms with Gasteiger partial charge in [0.1, 0.15) is 5.75 Å². The average Bonchev–Trinajstić information content (AvgIpc) is 2.73. The van der Waals surface area contributed by atoms with Crippen LogP contribution in [-0.4, -0.2) is 38.2 Å². The Balaban J connectivity index is 1.73. The first-order chi connectivity index (χ1) is 13.5. The largest absolute Gasteiger partial charge is 0.497 e. The molecule has 0 unspecified atom stereocenters. The SMILES string of the molecule is COC(=O)C[C@@H]1[C@@H]([C@@H](C)OCc2ccccc2)C(=O)N1c1ccc(OC)cc1. The van der Waals surface area contributed by atoms with Crippen LogP contribution in [0.5, 0.6) is 5.75 Å². The average molecular weight is 383 g/mol. The Morgan fingerprint density at radius 3 is 2.36 bits per heavy atom. The zero-order chi connectivity index (χ0) is 20.1. The van der Waals surface area contributed by atoms with Gasteiger partial charge in [-0.05, 0) is 36.8 Å². The summed E-state index contributed by atoms with van der Waals surface area (Å²) in [6, 6.07) is 16.7. The van der Waals surface area contributed by atoms with Crippen LogP contribution in [0, 0.1) is 5.92 Å². The monoisotopic (exact) mass is 383 g/mol. The summed E-state index contributed by atoms with van der Waals surface area (Å²) in [4.78, 5) is 26.5. The van der Waals surface area contributed by atoms with Gasteiger partial charge in [0, 0.05) is 5.69 Å². The molecule has 3 rings (SSSR count). The van der Waals surface area contributed by atoms with E-state index in [1.165, 1.54) is 7.11 Å². The zero-order valence-corrected chi connectivity index (χ0v) is 16.3. The summed E-state index contributed by atoms with van der Waals surface area (Å²) in [6.07, 6.45) is -0.199. The number of hydrogen-bond donors (Lipinski definition) is 0. The van der Waals surface area contributed by atoms with E-state index in [4.69, 9.17) is 14.2 Å². The number of ether oxygens (including phenoxy) is 3. The molecule has 0 radical (unpaired) electrons. The van der Waals surface area contributed by atoms with Crippen molar-refractivity contribution in [1.82, 2.24) is 0 Å². The van der Waals surface area contributed by atoms with Crippen LogP contribution in [0.25, 0.3) is 0 Å². The number of carbonyl (C=O) groups is 2. The molecular formula is C22H25NO5. The minimum absolute atomic E-state index is 0.0559. The molecule has 1 saturated heterocycles. The summed E-state index contributed by atoms with van der Waals surface area (Å²) in [5.74, 6) is -0.0989. The van der Waals surface area contributed by atoms with Crippen LogP contribution < -0.4 is 9.64 Å². The summed E-state index contributed by atoms with van der Waals surface area (Å²) in [5, 5.41) is 0. The van der Waals surface area contributed by atoms with Gasteiger partial charge < -0.3 is 19.1 Å². The molecule has 1 amide bonds. The van der Waals surface area contributed by atoms with E-state index in [0.29, 0.717) is 12.4 Å². The Hall–Kier alpha value is -2.86. The molecule has 1 aliphatic rings. The quantitative estimate of drug-likeness (QED) is 0.517. The van der Waals surface area contributed by atoms with E-state index in [2.05, 4.69) is 0 Å². The summed E-state index contributed by atoms with van der Waals surface area (Å²) >= 11 is 0. The van der Waals surface area contributed by atoms with Crippen LogP contribution in [0.2, 0.25) is 0 Å². The Morgan fingerprint density at radius 2 is 1.75 bits per heavy atom. The summed E-state index contributed by atoms with van der Waals surface area (Å²) in [7, 11) is 2.94. The van der Waals surface area contributed by atoms with Crippen LogP contribution in [0.4, 0.5) is 5.69 Å². The number of anilines is 1. The Labute approximate surface area is 165 Å². The van der Waals surface area contributed by atoms with E-state index in [9.17, 15) is 9.59 Å². The molecule has 0 bridgehead atoms. The highest BCUT2D eigenvalue weighted by atomic mass is 16.5. The smallest absolute Gasteiger partial charge is 0.307 e. The predicted molar refractivity (Wildman–Crippen MR) is 105 cm³/mol. The van der Waals surface area contributed by atoms with Crippen molar-refractivity contribution in [3.8, 4) is 5.75 Å². The molecule has 0 N–H and O–H groups in total. The van der Waals surface area contributed by atoms with Gasteiger partial charge in [-0.25, -0.2) is 0 Å². The van der Waals surface area contributed by atoms with Gasteiger partial charge in [-0.1, -0.05) is 30.3 Å². The number of hydrogen-bond acceptors (Lipinski definition) is 5. The first-order valence-corrected chi connectivity index (χ1v) is 9.24. The summed E-state index contributed by atoms with van der Waals surface area (Å²) < 4.78 is 16.0. The molecule has 3 atom stereocenters. The minimum atomic E-state index is -0.398. The van der Waals surface area contributed by atoms with Crippen molar-refractivity contribution in [2.75, 3.05) is 19.1 Å². The molecule has 28 heavy (non-hydrogen) atoms. The fourth-order valence-corrected chi connectivity index (χ4v) is 3.52. The lowest BCUT2D eigenvalue weighted by Crippen LogP contribution is -2.65. The fraction of sp³-hybridized carbons (Fsp3) is 0.364. The van der Waals surface area contributed by atoms with Crippen molar-refractivity contribution in [2.45, 2.75) is 32.1 Å². The van der Waals surface area contributed by atoms with Crippen molar-refractivity contribution in [2.24, 2.45) is 5.92 Å². The van der Waals surface area contributed by atoms with Gasteiger partial charge >= 0.3 is 5.97 Å². The first kappa shape index (κ1) is 19.9. The summed E-state index contributed by atoms with van der Waals surface area (Å²) in [6.45, 7) is 2.29. The van der Waals surface area contributed by atoms with Gasteiger partial charge in [-0.15, -0.1) is 0 Å². The lowest BCUT2D eigenvalue weighted by Gasteiger charge is -2.48. The lowest BCUT2D eigenvalue weighted by atomic mass is 9.80. The van der Waals surface area contributed by atoms with Gasteiger partial charge in [0.05, 0.1) is 45.3 Å². The zero-order valence-electron chi connectivity index (χ0n) is 16.3. The maximum absolute atomic E-state index is 12.9.